The molecular formula is C14H16BrN3O. The largest absolute Gasteiger partial charge is 0.326 e. The van der Waals surface area contributed by atoms with Crippen LogP contribution in [0.2, 0.25) is 0 Å². The van der Waals surface area contributed by atoms with Crippen LogP contribution in [0, 0.1) is 13.8 Å². The quantitative estimate of drug-likeness (QED) is 0.939. The summed E-state index contributed by atoms with van der Waals surface area (Å²) in [5.74, 6) is -0.00865. The fraction of sp³-hybridized carbons (Fsp3) is 0.286. The first kappa shape index (κ1) is 13.8. The molecule has 1 aromatic carbocycles. The molecule has 0 spiro atoms. The molecule has 0 radical (unpaired) electrons. The molecular weight excluding hydrogens is 306 g/mol. The molecule has 1 N–H and O–H groups in total. The second-order valence-electron chi connectivity index (χ2n) is 4.46. The predicted octanol–water partition coefficient (Wildman–Crippen LogP) is 3.29. The zero-order chi connectivity index (χ0) is 13.8. The van der Waals surface area contributed by atoms with E-state index in [1.54, 1.807) is 0 Å². The molecule has 0 atom stereocenters. The van der Waals surface area contributed by atoms with Gasteiger partial charge >= 0.3 is 0 Å². The average molecular weight is 322 g/mol. The number of carbonyl (C=O) groups is 1. The second kappa shape index (κ2) is 6.02. The third-order valence-corrected chi connectivity index (χ3v) is 3.26. The molecule has 0 saturated heterocycles. The molecule has 5 heteroatoms. The molecule has 4 nitrogen and oxygen atoms in total. The maximum absolute atomic E-state index is 11.8. The lowest BCUT2D eigenvalue weighted by molar-refractivity contribution is -0.116. The Morgan fingerprint density at radius 1 is 1.37 bits per heavy atom. The summed E-state index contributed by atoms with van der Waals surface area (Å²) >= 11 is 3.37. The number of nitrogens with zero attached hydrogens (tertiary/aromatic N) is 2. The molecule has 1 heterocycles. The van der Waals surface area contributed by atoms with Gasteiger partial charge in [-0.3, -0.25) is 9.48 Å². The molecule has 2 aromatic rings. The lowest BCUT2D eigenvalue weighted by Gasteiger charge is -2.07. The maximum Gasteiger partial charge on any atom is 0.226 e. The van der Waals surface area contributed by atoms with Gasteiger partial charge in [0.05, 0.1) is 5.69 Å². The van der Waals surface area contributed by atoms with Gasteiger partial charge in [0.25, 0.3) is 0 Å². The summed E-state index contributed by atoms with van der Waals surface area (Å²) in [5.41, 5.74) is 2.85. The number of hydrogen-bond donors (Lipinski definition) is 1. The van der Waals surface area contributed by atoms with Crippen LogP contribution in [-0.2, 0) is 11.3 Å². The lowest BCUT2D eigenvalue weighted by Crippen LogP contribution is -2.15. The van der Waals surface area contributed by atoms with Gasteiger partial charge < -0.3 is 5.32 Å². The van der Waals surface area contributed by atoms with Crippen LogP contribution in [0.1, 0.15) is 17.8 Å². The Hall–Kier alpha value is -1.62. The van der Waals surface area contributed by atoms with E-state index < -0.39 is 0 Å². The summed E-state index contributed by atoms with van der Waals surface area (Å²) in [6.07, 6.45) is 0.411. The van der Waals surface area contributed by atoms with E-state index in [0.29, 0.717) is 13.0 Å². The minimum Gasteiger partial charge on any atom is -0.326 e. The number of halogens is 1. The Morgan fingerprint density at radius 2 is 2.16 bits per heavy atom. The molecule has 0 aliphatic carbocycles. The van der Waals surface area contributed by atoms with E-state index >= 15 is 0 Å². The van der Waals surface area contributed by atoms with Gasteiger partial charge in [-0.25, -0.2) is 0 Å². The normalized spacial score (nSPS) is 10.5. The summed E-state index contributed by atoms with van der Waals surface area (Å²) in [5, 5.41) is 7.20. The van der Waals surface area contributed by atoms with Crippen molar-refractivity contribution in [1.29, 1.82) is 0 Å². The molecule has 0 aliphatic rings. The first-order chi connectivity index (χ1) is 9.04. The number of rotatable bonds is 4. The smallest absolute Gasteiger partial charge is 0.226 e. The van der Waals surface area contributed by atoms with Crippen LogP contribution < -0.4 is 5.32 Å². The minimum absolute atomic E-state index is 0.00865. The van der Waals surface area contributed by atoms with Crippen molar-refractivity contribution in [3.8, 4) is 0 Å². The summed E-state index contributed by atoms with van der Waals surface area (Å²) in [6, 6.07) is 9.56. The van der Waals surface area contributed by atoms with Crippen LogP contribution in [0.15, 0.2) is 34.8 Å². The lowest BCUT2D eigenvalue weighted by atomic mass is 10.3. The van der Waals surface area contributed by atoms with Gasteiger partial charge in [-0.2, -0.15) is 5.10 Å². The maximum atomic E-state index is 11.8. The molecule has 0 saturated carbocycles. The second-order valence-corrected chi connectivity index (χ2v) is 5.37. The topological polar surface area (TPSA) is 46.9 Å². The Labute approximate surface area is 120 Å². The predicted molar refractivity (Wildman–Crippen MR) is 79.1 cm³/mol. The van der Waals surface area contributed by atoms with Crippen molar-refractivity contribution in [3.05, 3.63) is 46.2 Å². The third kappa shape index (κ3) is 3.92. The Morgan fingerprint density at radius 3 is 2.79 bits per heavy atom. The van der Waals surface area contributed by atoms with Crippen molar-refractivity contribution < 1.29 is 4.79 Å². The standard InChI is InChI=1S/C14H16BrN3O/c1-10-8-11(2)18(17-10)7-6-14(19)16-13-5-3-4-12(15)9-13/h3-5,8-9H,6-7H2,1-2H3,(H,16,19). The van der Waals surface area contributed by atoms with Crippen LogP contribution in [0.4, 0.5) is 5.69 Å². The zero-order valence-electron chi connectivity index (χ0n) is 11.0. The molecule has 0 bridgehead atoms. The number of benzene rings is 1. The molecule has 100 valence electrons. The van der Waals surface area contributed by atoms with Crippen molar-refractivity contribution in [2.45, 2.75) is 26.8 Å². The highest BCUT2D eigenvalue weighted by Crippen LogP contribution is 2.15. The summed E-state index contributed by atoms with van der Waals surface area (Å²) < 4.78 is 2.80. The monoisotopic (exact) mass is 321 g/mol. The van der Waals surface area contributed by atoms with Crippen molar-refractivity contribution >= 4 is 27.5 Å². The highest BCUT2D eigenvalue weighted by atomic mass is 79.9. The van der Waals surface area contributed by atoms with Crippen molar-refractivity contribution in [1.82, 2.24) is 9.78 Å². The van der Waals surface area contributed by atoms with Gasteiger partial charge in [0.2, 0.25) is 5.91 Å². The Bertz CT molecular complexity index is 592. The van der Waals surface area contributed by atoms with Crippen molar-refractivity contribution in [3.63, 3.8) is 0 Å². The van der Waals surface area contributed by atoms with E-state index in [9.17, 15) is 4.79 Å². The minimum atomic E-state index is -0.00865. The van der Waals surface area contributed by atoms with Crippen molar-refractivity contribution in [2.24, 2.45) is 0 Å². The third-order valence-electron chi connectivity index (χ3n) is 2.76. The van der Waals surface area contributed by atoms with Crippen LogP contribution in [0.25, 0.3) is 0 Å². The zero-order valence-corrected chi connectivity index (χ0v) is 12.6. The number of carbonyl (C=O) groups excluding carboxylic acids is 1. The van der Waals surface area contributed by atoms with Gasteiger partial charge in [0.1, 0.15) is 0 Å². The fourth-order valence-corrected chi connectivity index (χ4v) is 2.30. The number of amides is 1. The SMILES string of the molecule is Cc1cc(C)n(CCC(=O)Nc2cccc(Br)c2)n1. The van der Waals surface area contributed by atoms with E-state index in [4.69, 9.17) is 0 Å². The number of aryl methyl sites for hydroxylation is 3. The molecule has 0 unspecified atom stereocenters. The Balaban J connectivity index is 1.90. The van der Waals surface area contributed by atoms with Crippen LogP contribution in [-0.4, -0.2) is 15.7 Å². The van der Waals surface area contributed by atoms with Gasteiger partial charge in [-0.15, -0.1) is 0 Å². The number of anilines is 1. The van der Waals surface area contributed by atoms with E-state index in [2.05, 4.69) is 26.3 Å². The fourth-order valence-electron chi connectivity index (χ4n) is 1.90. The van der Waals surface area contributed by atoms with Gasteiger partial charge in [-0.05, 0) is 38.1 Å². The summed E-state index contributed by atoms with van der Waals surface area (Å²) in [7, 11) is 0. The molecule has 2 rings (SSSR count). The van der Waals surface area contributed by atoms with Crippen LogP contribution in [0.5, 0.6) is 0 Å². The highest BCUT2D eigenvalue weighted by molar-refractivity contribution is 9.10. The Kier molecular flexibility index (Phi) is 4.37. The van der Waals surface area contributed by atoms with Gasteiger partial charge in [0, 0.05) is 28.8 Å². The van der Waals surface area contributed by atoms with Crippen LogP contribution >= 0.6 is 15.9 Å². The number of nitrogens with one attached hydrogen (secondary N) is 1. The number of aromatic nitrogens is 2. The first-order valence-corrected chi connectivity index (χ1v) is 6.90. The molecule has 0 fully saturated rings. The first-order valence-electron chi connectivity index (χ1n) is 6.11. The molecule has 1 aromatic heterocycles. The summed E-state index contributed by atoms with van der Waals surface area (Å²) in [4.78, 5) is 11.8. The van der Waals surface area contributed by atoms with Gasteiger partial charge in [-0.1, -0.05) is 22.0 Å². The summed E-state index contributed by atoms with van der Waals surface area (Å²) in [6.45, 7) is 4.54. The molecule has 0 aliphatic heterocycles. The van der Waals surface area contributed by atoms with Crippen LogP contribution in [0.3, 0.4) is 0 Å². The molecule has 19 heavy (non-hydrogen) atoms. The molecule has 1 amide bonds. The van der Waals surface area contributed by atoms with E-state index in [-0.39, 0.29) is 5.91 Å². The van der Waals surface area contributed by atoms with Gasteiger partial charge in [0.15, 0.2) is 0 Å². The van der Waals surface area contributed by atoms with Crippen molar-refractivity contribution in [2.75, 3.05) is 5.32 Å². The average Bonchev–Trinajstić information content (AvgIpc) is 2.65. The van der Waals surface area contributed by atoms with E-state index in [1.165, 1.54) is 0 Å². The highest BCUT2D eigenvalue weighted by Gasteiger charge is 2.06. The number of hydrogen-bond acceptors (Lipinski definition) is 2. The van der Waals surface area contributed by atoms with E-state index in [0.717, 1.165) is 21.5 Å². The van der Waals surface area contributed by atoms with E-state index in [1.807, 2.05) is 48.9 Å².